The Hall–Kier alpha value is -1.84. The number of hydrogen-bond acceptors (Lipinski definition) is 4. The van der Waals surface area contributed by atoms with Crippen LogP contribution < -0.4 is 0 Å². The van der Waals surface area contributed by atoms with Crippen LogP contribution in [-0.4, -0.2) is 21.5 Å². The maximum atomic E-state index is 11.8. The number of pyridine rings is 2. The number of rotatable bonds is 0. The second kappa shape index (κ2) is 4.20. The Balaban J connectivity index is 0.00000108. The van der Waals surface area contributed by atoms with Crippen LogP contribution in [0.4, 0.5) is 0 Å². The molecule has 0 aliphatic heterocycles. The Kier molecular flexibility index (Phi) is 2.88. The van der Waals surface area contributed by atoms with Crippen LogP contribution >= 0.6 is 0 Å². The molecule has 85 valence electrons. The number of aromatic nitrogens is 2. The van der Waals surface area contributed by atoms with Crippen molar-refractivity contribution in [2.45, 2.75) is 0 Å². The van der Waals surface area contributed by atoms with Gasteiger partial charge in [-0.1, -0.05) is 0 Å². The average molecular weight is 274 g/mol. The van der Waals surface area contributed by atoms with Crippen molar-refractivity contribution in [2.75, 3.05) is 0 Å². The van der Waals surface area contributed by atoms with Gasteiger partial charge in [-0.2, -0.15) is 0 Å². The summed E-state index contributed by atoms with van der Waals surface area (Å²) < 4.78 is 0. The molecule has 1 radical (unpaired) electrons. The monoisotopic (exact) mass is 273 g/mol. The van der Waals surface area contributed by atoms with Crippen LogP contribution in [0.5, 0.6) is 0 Å². The van der Waals surface area contributed by atoms with E-state index in [1.165, 1.54) is 0 Å². The molecule has 2 heterocycles. The fourth-order valence-corrected chi connectivity index (χ4v) is 1.80. The molecule has 0 amide bonds. The quantitative estimate of drug-likeness (QED) is 0.539. The van der Waals surface area contributed by atoms with Gasteiger partial charge in [-0.05, 0) is 24.3 Å². The zero-order valence-corrected chi connectivity index (χ0v) is 9.42. The van der Waals surface area contributed by atoms with Gasteiger partial charge in [0.05, 0.1) is 11.1 Å². The van der Waals surface area contributed by atoms with E-state index in [4.69, 9.17) is 0 Å². The maximum Gasteiger partial charge on any atom is 2.00 e. The molecule has 5 heteroatoms. The van der Waals surface area contributed by atoms with Crippen molar-refractivity contribution >= 4 is 11.6 Å². The van der Waals surface area contributed by atoms with Crippen molar-refractivity contribution in [3.05, 3.63) is 47.8 Å². The van der Waals surface area contributed by atoms with E-state index in [1.54, 1.807) is 36.7 Å². The summed E-state index contributed by atoms with van der Waals surface area (Å²) in [4.78, 5) is 31.7. The number of ketones is 2. The Morgan fingerprint density at radius 3 is 1.59 bits per heavy atom. The van der Waals surface area contributed by atoms with Crippen LogP contribution in [0.25, 0.3) is 11.4 Å². The summed E-state index contributed by atoms with van der Waals surface area (Å²) in [5, 5.41) is 0. The molecule has 0 saturated carbocycles. The standard InChI is InChI=1S/C12H6N2O2.Cu/c15-11-7-3-1-5-13-9(7)10-8(12(11)16)4-2-6-14-10;/h1-6H;/q;+2. The molecule has 17 heavy (non-hydrogen) atoms. The average Bonchev–Trinajstić information content (AvgIpc) is 2.36. The maximum absolute atomic E-state index is 11.8. The second-order valence-electron chi connectivity index (χ2n) is 3.46. The molecule has 0 atom stereocenters. The van der Waals surface area contributed by atoms with Gasteiger partial charge in [-0.25, -0.2) is 0 Å². The van der Waals surface area contributed by atoms with Crippen molar-refractivity contribution in [1.29, 1.82) is 0 Å². The predicted octanol–water partition coefficient (Wildman–Crippen LogP) is 1.52. The molecule has 0 N–H and O–H groups in total. The molecular formula is C12H6CuN2O2+2. The molecule has 0 fully saturated rings. The van der Waals surface area contributed by atoms with Crippen molar-refractivity contribution in [2.24, 2.45) is 0 Å². The Labute approximate surface area is 108 Å². The first kappa shape index (κ1) is 11.6. The third kappa shape index (κ3) is 1.60. The van der Waals surface area contributed by atoms with Gasteiger partial charge in [0, 0.05) is 12.4 Å². The number of Topliss-reactive ketones (excluding diaryl/α,β-unsaturated/α-hetero) is 2. The predicted molar refractivity (Wildman–Crippen MR) is 56.1 cm³/mol. The molecule has 1 aliphatic carbocycles. The Bertz CT molecular complexity index is 570. The Morgan fingerprint density at radius 1 is 0.765 bits per heavy atom. The molecule has 1 aliphatic rings. The summed E-state index contributed by atoms with van der Waals surface area (Å²) >= 11 is 0. The van der Waals surface area contributed by atoms with E-state index < -0.39 is 11.6 Å². The second-order valence-corrected chi connectivity index (χ2v) is 3.46. The molecular weight excluding hydrogens is 268 g/mol. The van der Waals surface area contributed by atoms with Gasteiger partial charge in [0.1, 0.15) is 11.4 Å². The third-order valence-electron chi connectivity index (χ3n) is 2.54. The molecule has 0 bridgehead atoms. The first-order valence-corrected chi connectivity index (χ1v) is 4.78. The van der Waals surface area contributed by atoms with Crippen LogP contribution in [0.2, 0.25) is 0 Å². The van der Waals surface area contributed by atoms with Crippen molar-refractivity contribution < 1.29 is 26.7 Å². The first-order valence-electron chi connectivity index (χ1n) is 4.78. The van der Waals surface area contributed by atoms with E-state index >= 15 is 0 Å². The van der Waals surface area contributed by atoms with E-state index in [2.05, 4.69) is 9.97 Å². The summed E-state index contributed by atoms with van der Waals surface area (Å²) in [6, 6.07) is 6.47. The number of hydrogen-bond donors (Lipinski definition) is 0. The van der Waals surface area contributed by atoms with E-state index in [-0.39, 0.29) is 17.1 Å². The van der Waals surface area contributed by atoms with Gasteiger partial charge in [-0.3, -0.25) is 19.6 Å². The summed E-state index contributed by atoms with van der Waals surface area (Å²) in [6.07, 6.45) is 3.17. The number of carbonyl (C=O) groups excluding carboxylic acids is 2. The summed E-state index contributed by atoms with van der Waals surface area (Å²) in [5.74, 6) is -1.02. The molecule has 2 aromatic rings. The molecule has 0 spiro atoms. The molecule has 0 saturated heterocycles. The van der Waals surface area contributed by atoms with Crippen LogP contribution in [0.15, 0.2) is 36.7 Å². The topological polar surface area (TPSA) is 59.9 Å². The minimum Gasteiger partial charge on any atom is -0.285 e. The van der Waals surface area contributed by atoms with Gasteiger partial charge in [0.15, 0.2) is 0 Å². The largest absolute Gasteiger partial charge is 2.00 e. The van der Waals surface area contributed by atoms with Gasteiger partial charge in [0.2, 0.25) is 11.6 Å². The first-order chi connectivity index (χ1) is 7.79. The summed E-state index contributed by atoms with van der Waals surface area (Å²) in [6.45, 7) is 0. The molecule has 4 nitrogen and oxygen atoms in total. The van der Waals surface area contributed by atoms with Crippen molar-refractivity contribution in [3.63, 3.8) is 0 Å². The SMILES string of the molecule is O=C1C(=O)c2cccnc2-c2ncccc21.[Cu+2]. The number of fused-ring (bicyclic) bond motifs is 3. The summed E-state index contributed by atoms with van der Waals surface area (Å²) in [5.41, 5.74) is 1.64. The van der Waals surface area contributed by atoms with E-state index in [1.807, 2.05) is 0 Å². The van der Waals surface area contributed by atoms with Crippen LogP contribution in [-0.2, 0) is 17.1 Å². The molecule has 0 unspecified atom stereocenters. The fraction of sp³-hybridized carbons (Fsp3) is 0. The minimum atomic E-state index is -0.511. The van der Waals surface area contributed by atoms with Gasteiger partial charge in [-0.15, -0.1) is 0 Å². The van der Waals surface area contributed by atoms with Crippen molar-refractivity contribution in [1.82, 2.24) is 9.97 Å². The number of carbonyl (C=O) groups is 2. The summed E-state index contributed by atoms with van der Waals surface area (Å²) in [7, 11) is 0. The number of nitrogens with zero attached hydrogens (tertiary/aromatic N) is 2. The zero-order chi connectivity index (χ0) is 11.1. The molecule has 2 aromatic heterocycles. The molecule has 3 rings (SSSR count). The smallest absolute Gasteiger partial charge is 0.285 e. The van der Waals surface area contributed by atoms with E-state index in [0.717, 1.165) is 0 Å². The Morgan fingerprint density at radius 2 is 1.18 bits per heavy atom. The third-order valence-corrected chi connectivity index (χ3v) is 2.54. The zero-order valence-electron chi connectivity index (χ0n) is 8.48. The molecule has 0 aromatic carbocycles. The van der Waals surface area contributed by atoms with Crippen molar-refractivity contribution in [3.8, 4) is 11.4 Å². The van der Waals surface area contributed by atoms with Gasteiger partial charge in [0.25, 0.3) is 0 Å². The van der Waals surface area contributed by atoms with Crippen LogP contribution in [0.1, 0.15) is 20.7 Å². The minimum absolute atomic E-state index is 0. The van der Waals surface area contributed by atoms with Gasteiger partial charge >= 0.3 is 17.1 Å². The van der Waals surface area contributed by atoms with Gasteiger partial charge < -0.3 is 0 Å². The van der Waals surface area contributed by atoms with E-state index in [9.17, 15) is 9.59 Å². The fourth-order valence-electron chi connectivity index (χ4n) is 1.80. The van der Waals surface area contributed by atoms with E-state index in [0.29, 0.717) is 22.5 Å². The van der Waals surface area contributed by atoms with Crippen LogP contribution in [0, 0.1) is 0 Å². The van der Waals surface area contributed by atoms with Crippen LogP contribution in [0.3, 0.4) is 0 Å². The normalized spacial score (nSPS) is 12.5.